The van der Waals surface area contributed by atoms with Crippen molar-refractivity contribution in [2.45, 2.75) is 0 Å². The fourth-order valence-electron chi connectivity index (χ4n) is 1.39. The van der Waals surface area contributed by atoms with Gasteiger partial charge in [-0.3, -0.25) is 4.79 Å². The minimum Gasteiger partial charge on any atom is -0.382 e. The standard InChI is InChI=1S/C12H18BrN3O3/c1-14-11-10(7-9(13)8-16-11)12(17)15-3-4-19-6-5-18-2/h7-8H,3-6H2,1-2H3,(H,14,16)(H,15,17). The number of methoxy groups -OCH3 is 1. The number of amides is 1. The second-order valence-corrected chi connectivity index (χ2v) is 4.58. The molecule has 1 aromatic rings. The summed E-state index contributed by atoms with van der Waals surface area (Å²) >= 11 is 3.30. The first-order valence-corrected chi connectivity index (χ1v) is 6.66. The first-order chi connectivity index (χ1) is 9.19. The van der Waals surface area contributed by atoms with Crippen molar-refractivity contribution in [3.8, 4) is 0 Å². The smallest absolute Gasteiger partial charge is 0.255 e. The van der Waals surface area contributed by atoms with E-state index >= 15 is 0 Å². The van der Waals surface area contributed by atoms with Crippen molar-refractivity contribution in [1.29, 1.82) is 0 Å². The molecule has 1 heterocycles. The van der Waals surface area contributed by atoms with Crippen LogP contribution in [-0.2, 0) is 9.47 Å². The van der Waals surface area contributed by atoms with Gasteiger partial charge in [0.05, 0.1) is 25.4 Å². The summed E-state index contributed by atoms with van der Waals surface area (Å²) in [5, 5.41) is 5.65. The molecule has 1 amide bonds. The number of pyridine rings is 1. The normalized spacial score (nSPS) is 10.3. The van der Waals surface area contributed by atoms with E-state index in [-0.39, 0.29) is 5.91 Å². The monoisotopic (exact) mass is 331 g/mol. The van der Waals surface area contributed by atoms with Crippen LogP contribution in [0, 0.1) is 0 Å². The summed E-state index contributed by atoms with van der Waals surface area (Å²) < 4.78 is 10.9. The minimum atomic E-state index is -0.187. The minimum absolute atomic E-state index is 0.187. The summed E-state index contributed by atoms with van der Waals surface area (Å²) in [6.45, 7) is 1.96. The summed E-state index contributed by atoms with van der Waals surface area (Å²) in [7, 11) is 3.34. The third kappa shape index (κ3) is 5.54. The molecule has 106 valence electrons. The maximum atomic E-state index is 12.0. The van der Waals surface area contributed by atoms with Crippen LogP contribution in [0.25, 0.3) is 0 Å². The molecule has 1 aromatic heterocycles. The lowest BCUT2D eigenvalue weighted by Crippen LogP contribution is -2.28. The van der Waals surface area contributed by atoms with Crippen LogP contribution >= 0.6 is 15.9 Å². The molecule has 0 saturated carbocycles. The fourth-order valence-corrected chi connectivity index (χ4v) is 1.72. The predicted molar refractivity (Wildman–Crippen MR) is 76.5 cm³/mol. The van der Waals surface area contributed by atoms with Gasteiger partial charge in [0.25, 0.3) is 5.91 Å². The Hall–Kier alpha value is -1.18. The van der Waals surface area contributed by atoms with Gasteiger partial charge in [-0.1, -0.05) is 0 Å². The highest BCUT2D eigenvalue weighted by Crippen LogP contribution is 2.17. The third-order valence-corrected chi connectivity index (χ3v) is 2.73. The van der Waals surface area contributed by atoms with Gasteiger partial charge >= 0.3 is 0 Å². The maximum Gasteiger partial charge on any atom is 0.255 e. The highest BCUT2D eigenvalue weighted by Gasteiger charge is 2.11. The molecule has 0 bridgehead atoms. The van der Waals surface area contributed by atoms with Crippen molar-refractivity contribution in [2.75, 3.05) is 45.8 Å². The highest BCUT2D eigenvalue weighted by molar-refractivity contribution is 9.10. The van der Waals surface area contributed by atoms with Gasteiger partial charge in [-0.05, 0) is 22.0 Å². The van der Waals surface area contributed by atoms with Gasteiger partial charge in [-0.2, -0.15) is 0 Å². The fraction of sp³-hybridized carbons (Fsp3) is 0.500. The number of carbonyl (C=O) groups excluding carboxylic acids is 1. The Morgan fingerprint density at radius 2 is 2.21 bits per heavy atom. The third-order valence-electron chi connectivity index (χ3n) is 2.30. The summed E-state index contributed by atoms with van der Waals surface area (Å²) in [5.74, 6) is 0.356. The van der Waals surface area contributed by atoms with E-state index in [0.717, 1.165) is 4.47 Å². The van der Waals surface area contributed by atoms with Crippen molar-refractivity contribution in [2.24, 2.45) is 0 Å². The molecule has 7 heteroatoms. The molecular formula is C12H18BrN3O3. The lowest BCUT2D eigenvalue weighted by molar-refractivity contribution is 0.0693. The van der Waals surface area contributed by atoms with Crippen LogP contribution in [-0.4, -0.2) is 51.4 Å². The number of hydrogen-bond acceptors (Lipinski definition) is 5. The number of carbonyl (C=O) groups is 1. The molecule has 6 nitrogen and oxygen atoms in total. The summed E-state index contributed by atoms with van der Waals surface area (Å²) in [6, 6.07) is 1.72. The molecule has 0 aromatic carbocycles. The maximum absolute atomic E-state index is 12.0. The van der Waals surface area contributed by atoms with Crippen LogP contribution in [0.15, 0.2) is 16.7 Å². The van der Waals surface area contributed by atoms with Gasteiger partial charge in [-0.15, -0.1) is 0 Å². The number of halogens is 1. The molecule has 0 aliphatic rings. The molecule has 0 radical (unpaired) electrons. The first kappa shape index (κ1) is 15.9. The highest BCUT2D eigenvalue weighted by atomic mass is 79.9. The van der Waals surface area contributed by atoms with Gasteiger partial charge in [0.2, 0.25) is 0 Å². The number of hydrogen-bond donors (Lipinski definition) is 2. The zero-order valence-corrected chi connectivity index (χ0v) is 12.6. The van der Waals surface area contributed by atoms with Gasteiger partial charge in [-0.25, -0.2) is 4.98 Å². The molecule has 0 saturated heterocycles. The Labute approximate surface area is 121 Å². The van der Waals surface area contributed by atoms with E-state index in [1.165, 1.54) is 0 Å². The molecule has 0 aliphatic carbocycles. The molecule has 0 spiro atoms. The van der Waals surface area contributed by atoms with Crippen LogP contribution in [0.1, 0.15) is 10.4 Å². The largest absolute Gasteiger partial charge is 0.382 e. The van der Waals surface area contributed by atoms with Gasteiger partial charge in [0, 0.05) is 31.4 Å². The second-order valence-electron chi connectivity index (χ2n) is 3.66. The zero-order valence-electron chi connectivity index (χ0n) is 11.0. The molecule has 1 rings (SSSR count). The Kier molecular flexibility index (Phi) is 7.39. The summed E-state index contributed by atoms with van der Waals surface area (Å²) in [4.78, 5) is 16.1. The quantitative estimate of drug-likeness (QED) is 0.702. The lowest BCUT2D eigenvalue weighted by atomic mass is 10.2. The molecule has 19 heavy (non-hydrogen) atoms. The average Bonchev–Trinajstić information content (AvgIpc) is 2.42. The van der Waals surface area contributed by atoms with E-state index in [4.69, 9.17) is 9.47 Å². The molecular weight excluding hydrogens is 314 g/mol. The van der Waals surface area contributed by atoms with Crippen LogP contribution in [0.3, 0.4) is 0 Å². The van der Waals surface area contributed by atoms with E-state index in [0.29, 0.717) is 37.7 Å². The number of aromatic nitrogens is 1. The Balaban J connectivity index is 2.43. The number of nitrogens with zero attached hydrogens (tertiary/aromatic N) is 1. The van der Waals surface area contributed by atoms with Gasteiger partial charge in [0.1, 0.15) is 5.82 Å². The SMILES string of the molecule is CNc1ncc(Br)cc1C(=O)NCCOCCOC. The average molecular weight is 332 g/mol. The number of ether oxygens (including phenoxy) is 2. The van der Waals surface area contributed by atoms with E-state index in [1.54, 1.807) is 26.4 Å². The molecule has 2 N–H and O–H groups in total. The molecule has 0 unspecified atom stereocenters. The van der Waals surface area contributed by atoms with Crippen LogP contribution in [0.4, 0.5) is 5.82 Å². The van der Waals surface area contributed by atoms with E-state index < -0.39 is 0 Å². The van der Waals surface area contributed by atoms with Crippen molar-refractivity contribution >= 4 is 27.7 Å². The molecule has 0 atom stereocenters. The zero-order chi connectivity index (χ0) is 14.1. The predicted octanol–water partition coefficient (Wildman–Crippen LogP) is 1.28. The lowest BCUT2D eigenvalue weighted by Gasteiger charge is -2.09. The van der Waals surface area contributed by atoms with Crippen molar-refractivity contribution in [3.05, 3.63) is 22.3 Å². The van der Waals surface area contributed by atoms with E-state index in [9.17, 15) is 4.79 Å². The number of rotatable bonds is 8. The number of anilines is 1. The van der Waals surface area contributed by atoms with Crippen molar-refractivity contribution in [3.63, 3.8) is 0 Å². The Morgan fingerprint density at radius 3 is 2.89 bits per heavy atom. The van der Waals surface area contributed by atoms with Gasteiger partial charge < -0.3 is 20.1 Å². The van der Waals surface area contributed by atoms with Crippen LogP contribution < -0.4 is 10.6 Å². The topological polar surface area (TPSA) is 72.5 Å². The summed E-state index contributed by atoms with van der Waals surface area (Å²) in [5.41, 5.74) is 0.494. The van der Waals surface area contributed by atoms with Crippen LogP contribution in [0.2, 0.25) is 0 Å². The Bertz CT molecular complexity index is 415. The van der Waals surface area contributed by atoms with Crippen molar-refractivity contribution < 1.29 is 14.3 Å². The molecule has 0 aliphatic heterocycles. The first-order valence-electron chi connectivity index (χ1n) is 5.87. The van der Waals surface area contributed by atoms with E-state index in [1.807, 2.05) is 0 Å². The van der Waals surface area contributed by atoms with E-state index in [2.05, 4.69) is 31.5 Å². The van der Waals surface area contributed by atoms with Crippen molar-refractivity contribution in [1.82, 2.24) is 10.3 Å². The number of nitrogens with one attached hydrogen (secondary N) is 2. The second kappa shape index (κ2) is 8.84. The van der Waals surface area contributed by atoms with Gasteiger partial charge in [0.15, 0.2) is 0 Å². The Morgan fingerprint density at radius 1 is 1.42 bits per heavy atom. The van der Waals surface area contributed by atoms with Crippen LogP contribution in [0.5, 0.6) is 0 Å². The molecule has 0 fully saturated rings. The summed E-state index contributed by atoms with van der Waals surface area (Å²) in [6.07, 6.45) is 1.64.